The summed E-state index contributed by atoms with van der Waals surface area (Å²) in [5.41, 5.74) is 2.55. The lowest BCUT2D eigenvalue weighted by molar-refractivity contribution is 0.0303. The van der Waals surface area contributed by atoms with E-state index < -0.39 is 0 Å². The number of anilines is 1. The van der Waals surface area contributed by atoms with Crippen LogP contribution in [0.25, 0.3) is 0 Å². The number of aliphatic hydroxyl groups excluding tert-OH is 1. The van der Waals surface area contributed by atoms with Crippen molar-refractivity contribution in [3.63, 3.8) is 0 Å². The molecule has 0 spiro atoms. The van der Waals surface area contributed by atoms with E-state index in [9.17, 15) is 9.90 Å². The van der Waals surface area contributed by atoms with Crippen LogP contribution in [0.3, 0.4) is 0 Å². The highest BCUT2D eigenvalue weighted by Gasteiger charge is 2.18. The molecule has 3 rings (SSSR count). The van der Waals surface area contributed by atoms with Crippen LogP contribution in [-0.4, -0.2) is 47.2 Å². The maximum atomic E-state index is 12.5. The molecule has 1 aliphatic heterocycles. The van der Waals surface area contributed by atoms with Crippen molar-refractivity contribution in [2.75, 3.05) is 31.6 Å². The third-order valence-electron chi connectivity index (χ3n) is 3.95. The number of carbonyl (C=O) groups is 1. The van der Waals surface area contributed by atoms with Crippen LogP contribution in [0.4, 0.5) is 5.82 Å². The van der Waals surface area contributed by atoms with Crippen LogP contribution in [0.5, 0.6) is 0 Å². The Hall–Kier alpha value is -2.44. The first-order chi connectivity index (χ1) is 11.8. The third kappa shape index (κ3) is 4.10. The number of ether oxygens (including phenoxy) is 1. The fraction of sp³-hybridized carbons (Fsp3) is 0.333. The zero-order chi connectivity index (χ0) is 16.8. The second-order valence-electron chi connectivity index (χ2n) is 5.67. The van der Waals surface area contributed by atoms with Crippen LogP contribution >= 0.6 is 0 Å². The normalized spacial score (nSPS) is 14.5. The number of amides is 1. The SMILES string of the molecule is O=C(c1ccnc(NCc2cccc(CO)c2)c1)N1CCOCC1. The van der Waals surface area contributed by atoms with E-state index in [4.69, 9.17) is 4.74 Å². The number of nitrogens with one attached hydrogen (secondary N) is 1. The van der Waals surface area contributed by atoms with Crippen molar-refractivity contribution in [3.8, 4) is 0 Å². The van der Waals surface area contributed by atoms with E-state index in [0.717, 1.165) is 11.1 Å². The molecule has 6 heteroatoms. The molecular weight excluding hydrogens is 306 g/mol. The standard InChI is InChI=1S/C18H21N3O3/c22-13-15-3-1-2-14(10-15)12-20-17-11-16(4-5-19-17)18(23)21-6-8-24-9-7-21/h1-5,10-11,22H,6-9,12-13H2,(H,19,20). The Bertz CT molecular complexity index is 699. The minimum Gasteiger partial charge on any atom is -0.392 e. The third-order valence-corrected chi connectivity index (χ3v) is 3.95. The van der Waals surface area contributed by atoms with Crippen LogP contribution < -0.4 is 5.32 Å². The molecule has 0 unspecified atom stereocenters. The first-order valence-corrected chi connectivity index (χ1v) is 8.02. The molecule has 0 aliphatic carbocycles. The van der Waals surface area contributed by atoms with Crippen molar-refractivity contribution < 1.29 is 14.6 Å². The van der Waals surface area contributed by atoms with E-state index in [0.29, 0.717) is 44.2 Å². The molecule has 1 amide bonds. The molecule has 2 aromatic rings. The lowest BCUT2D eigenvalue weighted by Crippen LogP contribution is -2.40. The lowest BCUT2D eigenvalue weighted by Gasteiger charge is -2.26. The summed E-state index contributed by atoms with van der Waals surface area (Å²) >= 11 is 0. The first kappa shape index (κ1) is 16.4. The van der Waals surface area contributed by atoms with Gasteiger partial charge < -0.3 is 20.1 Å². The first-order valence-electron chi connectivity index (χ1n) is 8.02. The zero-order valence-corrected chi connectivity index (χ0v) is 13.4. The topological polar surface area (TPSA) is 74.7 Å². The summed E-state index contributed by atoms with van der Waals surface area (Å²) < 4.78 is 5.28. The highest BCUT2D eigenvalue weighted by molar-refractivity contribution is 5.94. The van der Waals surface area contributed by atoms with Gasteiger partial charge in [0.1, 0.15) is 5.82 Å². The Labute approximate surface area is 141 Å². The predicted molar refractivity (Wildman–Crippen MR) is 90.7 cm³/mol. The lowest BCUT2D eigenvalue weighted by atomic mass is 10.1. The van der Waals surface area contributed by atoms with Crippen LogP contribution in [-0.2, 0) is 17.9 Å². The van der Waals surface area contributed by atoms with Gasteiger partial charge in [0.05, 0.1) is 19.8 Å². The van der Waals surface area contributed by atoms with Crippen molar-refractivity contribution in [2.24, 2.45) is 0 Å². The molecule has 0 saturated carbocycles. The van der Waals surface area contributed by atoms with Crippen molar-refractivity contribution in [3.05, 3.63) is 59.3 Å². The maximum Gasteiger partial charge on any atom is 0.254 e. The predicted octanol–water partition coefficient (Wildman–Crippen LogP) is 1.66. The number of hydrogen-bond acceptors (Lipinski definition) is 5. The second-order valence-corrected chi connectivity index (χ2v) is 5.67. The van der Waals surface area contributed by atoms with Crippen LogP contribution in [0, 0.1) is 0 Å². The van der Waals surface area contributed by atoms with Gasteiger partial charge in [-0.05, 0) is 23.3 Å². The Morgan fingerprint density at radius 2 is 2.00 bits per heavy atom. The van der Waals surface area contributed by atoms with Gasteiger partial charge in [0.25, 0.3) is 5.91 Å². The van der Waals surface area contributed by atoms with E-state index >= 15 is 0 Å². The molecular formula is C18H21N3O3. The Morgan fingerprint density at radius 1 is 1.21 bits per heavy atom. The van der Waals surface area contributed by atoms with Crippen molar-refractivity contribution in [1.29, 1.82) is 0 Å². The van der Waals surface area contributed by atoms with Gasteiger partial charge in [0.2, 0.25) is 0 Å². The number of aromatic nitrogens is 1. The molecule has 0 atom stereocenters. The number of carbonyl (C=O) groups excluding carboxylic acids is 1. The van der Waals surface area contributed by atoms with Crippen molar-refractivity contribution >= 4 is 11.7 Å². The van der Waals surface area contributed by atoms with E-state index in [2.05, 4.69) is 10.3 Å². The van der Waals surface area contributed by atoms with Crippen molar-refractivity contribution in [1.82, 2.24) is 9.88 Å². The van der Waals surface area contributed by atoms with Gasteiger partial charge in [-0.2, -0.15) is 0 Å². The van der Waals surface area contributed by atoms with Gasteiger partial charge in [-0.25, -0.2) is 4.98 Å². The van der Waals surface area contributed by atoms with E-state index in [1.165, 1.54) is 0 Å². The molecule has 1 fully saturated rings. The molecule has 6 nitrogen and oxygen atoms in total. The molecule has 126 valence electrons. The quantitative estimate of drug-likeness (QED) is 0.873. The summed E-state index contributed by atoms with van der Waals surface area (Å²) in [4.78, 5) is 18.6. The maximum absolute atomic E-state index is 12.5. The molecule has 1 aromatic carbocycles. The summed E-state index contributed by atoms with van der Waals surface area (Å²) in [7, 11) is 0. The minimum atomic E-state index is 0.00558. The summed E-state index contributed by atoms with van der Waals surface area (Å²) in [5, 5.41) is 12.4. The highest BCUT2D eigenvalue weighted by Crippen LogP contribution is 2.13. The number of hydrogen-bond donors (Lipinski definition) is 2. The van der Waals surface area contributed by atoms with Gasteiger partial charge in [-0.15, -0.1) is 0 Å². The number of benzene rings is 1. The van der Waals surface area contributed by atoms with E-state index in [1.807, 2.05) is 24.3 Å². The average Bonchev–Trinajstić information content (AvgIpc) is 2.67. The molecule has 2 N–H and O–H groups in total. The highest BCUT2D eigenvalue weighted by atomic mass is 16.5. The van der Waals surface area contributed by atoms with Gasteiger partial charge >= 0.3 is 0 Å². The molecule has 1 aromatic heterocycles. The minimum absolute atomic E-state index is 0.00558. The Balaban J connectivity index is 1.65. The summed E-state index contributed by atoms with van der Waals surface area (Å²) in [6.07, 6.45) is 1.64. The monoisotopic (exact) mass is 327 g/mol. The fourth-order valence-electron chi connectivity index (χ4n) is 2.64. The number of rotatable bonds is 5. The average molecular weight is 327 g/mol. The van der Waals surface area contributed by atoms with Crippen LogP contribution in [0.2, 0.25) is 0 Å². The second kappa shape index (κ2) is 7.90. The van der Waals surface area contributed by atoms with Gasteiger partial charge in [0, 0.05) is 31.4 Å². The van der Waals surface area contributed by atoms with E-state index in [1.54, 1.807) is 23.2 Å². The van der Waals surface area contributed by atoms with E-state index in [-0.39, 0.29) is 12.5 Å². The molecule has 0 radical (unpaired) electrons. The summed E-state index contributed by atoms with van der Waals surface area (Å²) in [5.74, 6) is 0.662. The van der Waals surface area contributed by atoms with Gasteiger partial charge in [-0.3, -0.25) is 4.79 Å². The number of pyridine rings is 1. The van der Waals surface area contributed by atoms with Crippen molar-refractivity contribution in [2.45, 2.75) is 13.2 Å². The fourth-order valence-corrected chi connectivity index (χ4v) is 2.64. The number of morpholine rings is 1. The van der Waals surface area contributed by atoms with Crippen LogP contribution in [0.15, 0.2) is 42.6 Å². The molecule has 1 aliphatic rings. The largest absolute Gasteiger partial charge is 0.392 e. The number of nitrogens with zero attached hydrogens (tertiary/aromatic N) is 2. The smallest absolute Gasteiger partial charge is 0.254 e. The number of aliphatic hydroxyl groups is 1. The Morgan fingerprint density at radius 3 is 2.79 bits per heavy atom. The Kier molecular flexibility index (Phi) is 5.40. The molecule has 24 heavy (non-hydrogen) atoms. The molecule has 2 heterocycles. The zero-order valence-electron chi connectivity index (χ0n) is 13.4. The summed E-state index contributed by atoms with van der Waals surface area (Å²) in [6.45, 7) is 3.02. The van der Waals surface area contributed by atoms with Gasteiger partial charge in [0.15, 0.2) is 0 Å². The summed E-state index contributed by atoms with van der Waals surface area (Å²) in [6, 6.07) is 11.2. The molecule has 1 saturated heterocycles. The molecule has 0 bridgehead atoms. The van der Waals surface area contributed by atoms with Gasteiger partial charge in [-0.1, -0.05) is 24.3 Å². The van der Waals surface area contributed by atoms with Crippen LogP contribution in [0.1, 0.15) is 21.5 Å².